The molecule has 2 heterocycles. The molecule has 2 saturated heterocycles. The number of piperidine rings is 1. The SMILES string of the molecule is CC(C)[C@@H]1CC[C@H]2CC[C@H](C)C(=O)N21. The zero-order chi connectivity index (χ0) is 10.3. The van der Waals surface area contributed by atoms with Crippen LogP contribution in [0.5, 0.6) is 0 Å². The Morgan fingerprint density at radius 1 is 1.21 bits per heavy atom. The number of hydrogen-bond acceptors (Lipinski definition) is 1. The van der Waals surface area contributed by atoms with Crippen LogP contribution in [0, 0.1) is 11.8 Å². The maximum Gasteiger partial charge on any atom is 0.225 e. The van der Waals surface area contributed by atoms with Crippen LogP contribution >= 0.6 is 0 Å². The molecule has 0 aromatic heterocycles. The van der Waals surface area contributed by atoms with E-state index in [0.29, 0.717) is 23.9 Å². The van der Waals surface area contributed by atoms with Crippen molar-refractivity contribution in [3.63, 3.8) is 0 Å². The Morgan fingerprint density at radius 3 is 2.50 bits per heavy atom. The number of carbonyl (C=O) groups is 1. The smallest absolute Gasteiger partial charge is 0.225 e. The van der Waals surface area contributed by atoms with Crippen LogP contribution in [0.2, 0.25) is 0 Å². The van der Waals surface area contributed by atoms with Crippen LogP contribution in [0.1, 0.15) is 46.5 Å². The molecule has 0 aliphatic carbocycles. The van der Waals surface area contributed by atoms with Gasteiger partial charge >= 0.3 is 0 Å². The predicted molar refractivity (Wildman–Crippen MR) is 56.9 cm³/mol. The molecular weight excluding hydrogens is 174 g/mol. The van der Waals surface area contributed by atoms with Gasteiger partial charge in [-0.15, -0.1) is 0 Å². The molecule has 0 bridgehead atoms. The molecule has 2 nitrogen and oxygen atoms in total. The summed E-state index contributed by atoms with van der Waals surface area (Å²) < 4.78 is 0. The first-order chi connectivity index (χ1) is 6.61. The number of hydrogen-bond donors (Lipinski definition) is 0. The third kappa shape index (κ3) is 1.45. The summed E-state index contributed by atoms with van der Waals surface area (Å²) in [5, 5.41) is 0. The van der Waals surface area contributed by atoms with Gasteiger partial charge < -0.3 is 4.90 Å². The minimum atomic E-state index is 0.269. The summed E-state index contributed by atoms with van der Waals surface area (Å²) in [5.74, 6) is 1.30. The van der Waals surface area contributed by atoms with Crippen molar-refractivity contribution >= 4 is 5.91 Å². The molecule has 0 radical (unpaired) electrons. The summed E-state index contributed by atoms with van der Waals surface area (Å²) in [4.78, 5) is 14.3. The van der Waals surface area contributed by atoms with Crippen LogP contribution in [-0.2, 0) is 4.79 Å². The summed E-state index contributed by atoms with van der Waals surface area (Å²) >= 11 is 0. The second-order valence-corrected chi connectivity index (χ2v) is 5.27. The fourth-order valence-corrected chi connectivity index (χ4v) is 3.01. The first kappa shape index (κ1) is 10.0. The van der Waals surface area contributed by atoms with E-state index in [9.17, 15) is 4.79 Å². The minimum absolute atomic E-state index is 0.269. The molecule has 0 aromatic carbocycles. The largest absolute Gasteiger partial charge is 0.336 e. The third-order valence-corrected chi connectivity index (χ3v) is 3.92. The Hall–Kier alpha value is -0.530. The van der Waals surface area contributed by atoms with Gasteiger partial charge in [0, 0.05) is 18.0 Å². The first-order valence-corrected chi connectivity index (χ1v) is 5.93. The average Bonchev–Trinajstić information content (AvgIpc) is 2.55. The molecule has 2 aliphatic heterocycles. The van der Waals surface area contributed by atoms with Crippen LogP contribution < -0.4 is 0 Å². The molecule has 14 heavy (non-hydrogen) atoms. The summed E-state index contributed by atoms with van der Waals surface area (Å²) in [5.41, 5.74) is 0. The lowest BCUT2D eigenvalue weighted by Crippen LogP contribution is -2.49. The lowest BCUT2D eigenvalue weighted by atomic mass is 9.93. The van der Waals surface area contributed by atoms with Crippen LogP contribution in [0.25, 0.3) is 0 Å². The van der Waals surface area contributed by atoms with Crippen LogP contribution in [-0.4, -0.2) is 22.9 Å². The van der Waals surface area contributed by atoms with Gasteiger partial charge in [-0.05, 0) is 31.6 Å². The Bertz CT molecular complexity index is 236. The number of nitrogens with zero attached hydrogens (tertiary/aromatic N) is 1. The van der Waals surface area contributed by atoms with Crippen molar-refractivity contribution in [1.29, 1.82) is 0 Å². The summed E-state index contributed by atoms with van der Waals surface area (Å²) in [7, 11) is 0. The zero-order valence-corrected chi connectivity index (χ0v) is 9.49. The van der Waals surface area contributed by atoms with Gasteiger partial charge in [-0.1, -0.05) is 20.8 Å². The Kier molecular flexibility index (Phi) is 2.54. The van der Waals surface area contributed by atoms with Gasteiger partial charge in [0.25, 0.3) is 0 Å². The van der Waals surface area contributed by atoms with Crippen molar-refractivity contribution in [2.45, 2.75) is 58.5 Å². The van der Waals surface area contributed by atoms with Crippen molar-refractivity contribution in [3.05, 3.63) is 0 Å². The molecule has 80 valence electrons. The summed E-state index contributed by atoms with van der Waals surface area (Å²) in [6.45, 7) is 6.55. The Morgan fingerprint density at radius 2 is 1.86 bits per heavy atom. The summed E-state index contributed by atoms with van der Waals surface area (Å²) in [6.07, 6.45) is 4.79. The van der Waals surface area contributed by atoms with Crippen molar-refractivity contribution in [3.8, 4) is 0 Å². The maximum absolute atomic E-state index is 12.0. The lowest BCUT2D eigenvalue weighted by molar-refractivity contribution is -0.142. The van der Waals surface area contributed by atoms with Gasteiger partial charge in [-0.2, -0.15) is 0 Å². The Balaban J connectivity index is 2.16. The van der Waals surface area contributed by atoms with Gasteiger partial charge in [0.15, 0.2) is 0 Å². The number of carbonyl (C=O) groups excluding carboxylic acids is 1. The van der Waals surface area contributed by atoms with Crippen LogP contribution in [0.15, 0.2) is 0 Å². The lowest BCUT2D eigenvalue weighted by Gasteiger charge is -2.38. The second kappa shape index (κ2) is 3.56. The fraction of sp³-hybridized carbons (Fsp3) is 0.917. The van der Waals surface area contributed by atoms with Crippen molar-refractivity contribution in [2.24, 2.45) is 11.8 Å². The highest BCUT2D eigenvalue weighted by Crippen LogP contribution is 2.37. The number of rotatable bonds is 1. The van der Waals surface area contributed by atoms with E-state index < -0.39 is 0 Å². The van der Waals surface area contributed by atoms with Crippen molar-refractivity contribution in [1.82, 2.24) is 4.90 Å². The first-order valence-electron chi connectivity index (χ1n) is 5.93. The van der Waals surface area contributed by atoms with E-state index >= 15 is 0 Å². The second-order valence-electron chi connectivity index (χ2n) is 5.27. The van der Waals surface area contributed by atoms with Crippen LogP contribution in [0.4, 0.5) is 0 Å². The highest BCUT2D eigenvalue weighted by atomic mass is 16.2. The monoisotopic (exact) mass is 195 g/mol. The highest BCUT2D eigenvalue weighted by Gasteiger charge is 2.42. The molecule has 3 atom stereocenters. The van der Waals surface area contributed by atoms with E-state index in [1.54, 1.807) is 0 Å². The minimum Gasteiger partial charge on any atom is -0.336 e. The van der Waals surface area contributed by atoms with E-state index in [0.717, 1.165) is 6.42 Å². The third-order valence-electron chi connectivity index (χ3n) is 3.92. The molecule has 1 amide bonds. The van der Waals surface area contributed by atoms with E-state index in [4.69, 9.17) is 0 Å². The van der Waals surface area contributed by atoms with Gasteiger partial charge in [-0.3, -0.25) is 4.79 Å². The quantitative estimate of drug-likeness (QED) is 0.629. The topological polar surface area (TPSA) is 20.3 Å². The standard InChI is InChI=1S/C12H21NO/c1-8(2)11-7-6-10-5-4-9(3)12(14)13(10)11/h8-11H,4-7H2,1-3H3/t9-,10+,11-/m0/s1. The van der Waals surface area contributed by atoms with Gasteiger partial charge in [0.05, 0.1) is 0 Å². The van der Waals surface area contributed by atoms with E-state index in [2.05, 4.69) is 25.7 Å². The van der Waals surface area contributed by atoms with E-state index in [1.807, 2.05) is 0 Å². The molecule has 2 aliphatic rings. The maximum atomic E-state index is 12.0. The molecule has 0 spiro atoms. The average molecular weight is 195 g/mol. The molecule has 2 fully saturated rings. The fourth-order valence-electron chi connectivity index (χ4n) is 3.01. The molecule has 0 aromatic rings. The Labute approximate surface area is 86.7 Å². The van der Waals surface area contributed by atoms with E-state index in [1.165, 1.54) is 19.3 Å². The normalized spacial score (nSPS) is 37.9. The van der Waals surface area contributed by atoms with Crippen molar-refractivity contribution in [2.75, 3.05) is 0 Å². The van der Waals surface area contributed by atoms with Gasteiger partial charge in [0.1, 0.15) is 0 Å². The number of amides is 1. The molecule has 0 unspecified atom stereocenters. The van der Waals surface area contributed by atoms with Crippen molar-refractivity contribution < 1.29 is 4.79 Å². The molecule has 2 heteroatoms. The van der Waals surface area contributed by atoms with Gasteiger partial charge in [-0.25, -0.2) is 0 Å². The van der Waals surface area contributed by atoms with Gasteiger partial charge in [0.2, 0.25) is 5.91 Å². The summed E-state index contributed by atoms with van der Waals surface area (Å²) in [6, 6.07) is 1.10. The molecule has 2 rings (SSSR count). The zero-order valence-electron chi connectivity index (χ0n) is 9.49. The number of fused-ring (bicyclic) bond motifs is 1. The molecule has 0 N–H and O–H groups in total. The molecular formula is C12H21NO. The highest BCUT2D eigenvalue weighted by molar-refractivity contribution is 5.80. The van der Waals surface area contributed by atoms with E-state index in [-0.39, 0.29) is 5.92 Å². The predicted octanol–water partition coefficient (Wildman–Crippen LogP) is 2.43. The molecule has 0 saturated carbocycles. The van der Waals surface area contributed by atoms with Crippen LogP contribution in [0.3, 0.4) is 0 Å².